The van der Waals surface area contributed by atoms with E-state index >= 15 is 0 Å². The van der Waals surface area contributed by atoms with Gasteiger partial charge in [-0.25, -0.2) is 4.39 Å². The Balaban J connectivity index is 2.59. The van der Waals surface area contributed by atoms with Gasteiger partial charge < -0.3 is 5.32 Å². The maximum absolute atomic E-state index is 13.4. The molecule has 0 radical (unpaired) electrons. The van der Waals surface area contributed by atoms with Gasteiger partial charge in [0.25, 0.3) is 5.56 Å². The van der Waals surface area contributed by atoms with Crippen molar-refractivity contribution in [3.63, 3.8) is 0 Å². The maximum atomic E-state index is 13.4. The van der Waals surface area contributed by atoms with Crippen LogP contribution in [-0.2, 0) is 16.1 Å². The number of hydrogen-bond acceptors (Lipinski definition) is 4. The molecule has 0 aliphatic carbocycles. The van der Waals surface area contributed by atoms with Crippen LogP contribution >= 0.6 is 11.3 Å². The topological polar surface area (TPSA) is 68.2 Å². The lowest BCUT2D eigenvalue weighted by molar-refractivity contribution is -0.122. The number of benzene rings is 1. The Hall–Kier alpha value is -2.54. The number of rotatable bonds is 6. The van der Waals surface area contributed by atoms with Crippen molar-refractivity contribution >= 4 is 35.2 Å². The van der Waals surface area contributed by atoms with Gasteiger partial charge >= 0.3 is 0 Å². The van der Waals surface area contributed by atoms with Crippen LogP contribution in [0.25, 0.3) is 12.2 Å². The minimum atomic E-state index is -0.609. The third kappa shape index (κ3) is 5.73. The van der Waals surface area contributed by atoms with Gasteiger partial charge in [-0.3, -0.25) is 19.0 Å². The monoisotopic (exact) mass is 404 g/mol. The summed E-state index contributed by atoms with van der Waals surface area (Å²) in [6.45, 7) is 7.64. The van der Waals surface area contributed by atoms with Crippen LogP contribution in [0.1, 0.15) is 39.7 Å². The second-order valence-electron chi connectivity index (χ2n) is 7.50. The summed E-state index contributed by atoms with van der Waals surface area (Å²) >= 11 is 1.11. The van der Waals surface area contributed by atoms with Crippen molar-refractivity contribution in [2.45, 2.75) is 40.7 Å². The zero-order valence-corrected chi connectivity index (χ0v) is 17.4. The van der Waals surface area contributed by atoms with Gasteiger partial charge in [-0.1, -0.05) is 39.8 Å². The van der Waals surface area contributed by atoms with Crippen molar-refractivity contribution < 1.29 is 14.0 Å². The maximum Gasteiger partial charge on any atom is 0.269 e. The van der Waals surface area contributed by atoms with Crippen molar-refractivity contribution in [2.24, 2.45) is 5.41 Å². The molecular weight excluding hydrogens is 379 g/mol. The molecule has 28 heavy (non-hydrogen) atoms. The van der Waals surface area contributed by atoms with Crippen LogP contribution in [0, 0.1) is 11.2 Å². The van der Waals surface area contributed by atoms with Gasteiger partial charge in [0.05, 0.1) is 4.53 Å². The standard InChI is InChI=1S/C21H25FN2O3S/c1-5-9-23-18(26)13-24-19(12-17(25)21(2,3)4)28-16(20(24)27)11-14-7-6-8-15(22)10-14/h6-8,10-12H,5,9,13H2,1-4H3,(H,23,26)/b16-11+,19-12-. The van der Waals surface area contributed by atoms with E-state index in [0.29, 0.717) is 21.3 Å². The number of carbonyl (C=O) groups excluding carboxylic acids is 2. The second-order valence-corrected chi connectivity index (χ2v) is 8.57. The van der Waals surface area contributed by atoms with E-state index in [1.165, 1.54) is 22.8 Å². The highest BCUT2D eigenvalue weighted by Crippen LogP contribution is 2.14. The van der Waals surface area contributed by atoms with Gasteiger partial charge in [0.15, 0.2) is 5.78 Å². The summed E-state index contributed by atoms with van der Waals surface area (Å²) in [7, 11) is 0. The average Bonchev–Trinajstić information content (AvgIpc) is 2.88. The quantitative estimate of drug-likeness (QED) is 0.798. The molecule has 150 valence electrons. The summed E-state index contributed by atoms with van der Waals surface area (Å²) in [6, 6.07) is 5.89. The summed E-state index contributed by atoms with van der Waals surface area (Å²) in [4.78, 5) is 37.4. The van der Waals surface area contributed by atoms with Crippen LogP contribution in [0.15, 0.2) is 29.1 Å². The number of Topliss-reactive ketones (excluding diaryl/α,β-unsaturated/α-hetero) is 1. The summed E-state index contributed by atoms with van der Waals surface area (Å²) in [5.41, 5.74) is -0.453. The fourth-order valence-corrected chi connectivity index (χ4v) is 3.37. The number of halogens is 1. The normalized spacial score (nSPS) is 13.0. The van der Waals surface area contributed by atoms with E-state index in [1.54, 1.807) is 39.0 Å². The zero-order valence-electron chi connectivity index (χ0n) is 16.5. The molecule has 7 heteroatoms. The minimum Gasteiger partial charge on any atom is -0.355 e. The van der Waals surface area contributed by atoms with Crippen molar-refractivity contribution in [1.29, 1.82) is 0 Å². The lowest BCUT2D eigenvalue weighted by atomic mass is 9.91. The van der Waals surface area contributed by atoms with Crippen LogP contribution < -0.4 is 20.1 Å². The summed E-state index contributed by atoms with van der Waals surface area (Å²) in [5, 5.41) is 2.73. The van der Waals surface area contributed by atoms with Gasteiger partial charge in [-0.05, 0) is 30.2 Å². The first-order valence-corrected chi connectivity index (χ1v) is 9.93. The highest BCUT2D eigenvalue weighted by atomic mass is 32.1. The molecule has 0 atom stereocenters. The van der Waals surface area contributed by atoms with Gasteiger partial charge in [0.1, 0.15) is 17.0 Å². The molecule has 0 aliphatic rings. The largest absolute Gasteiger partial charge is 0.355 e. The van der Waals surface area contributed by atoms with Crippen molar-refractivity contribution in [3.8, 4) is 0 Å². The van der Waals surface area contributed by atoms with Crippen LogP contribution in [0.4, 0.5) is 4.39 Å². The van der Waals surface area contributed by atoms with Crippen molar-refractivity contribution in [1.82, 2.24) is 9.88 Å². The summed E-state index contributed by atoms with van der Waals surface area (Å²) in [6.07, 6.45) is 3.75. The van der Waals surface area contributed by atoms with E-state index in [9.17, 15) is 18.8 Å². The molecular formula is C21H25FN2O3S. The Labute approximate surface area is 167 Å². The molecule has 1 aromatic heterocycles. The first kappa shape index (κ1) is 21.8. The lowest BCUT2D eigenvalue weighted by Crippen LogP contribution is -2.38. The number of nitrogens with one attached hydrogen (secondary N) is 1. The van der Waals surface area contributed by atoms with E-state index in [0.717, 1.165) is 17.8 Å². The molecule has 0 saturated heterocycles. The van der Waals surface area contributed by atoms with E-state index < -0.39 is 11.2 Å². The fraction of sp³-hybridized carbons (Fsp3) is 0.381. The number of hydrogen-bond donors (Lipinski definition) is 1. The van der Waals surface area contributed by atoms with Gasteiger partial charge in [0.2, 0.25) is 5.91 Å². The Morgan fingerprint density at radius 2 is 2.00 bits per heavy atom. The van der Waals surface area contributed by atoms with Crippen LogP contribution in [0.5, 0.6) is 0 Å². The molecule has 1 heterocycles. The summed E-state index contributed by atoms with van der Waals surface area (Å²) < 4.78 is 15.5. The van der Waals surface area contributed by atoms with E-state index in [4.69, 9.17) is 0 Å². The van der Waals surface area contributed by atoms with Crippen LogP contribution in [-0.4, -0.2) is 22.8 Å². The number of ketones is 1. The van der Waals surface area contributed by atoms with Crippen molar-refractivity contribution in [3.05, 3.63) is 55.2 Å². The zero-order chi connectivity index (χ0) is 20.9. The highest BCUT2D eigenvalue weighted by Gasteiger charge is 2.20. The Morgan fingerprint density at radius 1 is 1.29 bits per heavy atom. The van der Waals surface area contributed by atoms with Gasteiger partial charge in [0, 0.05) is 18.0 Å². The van der Waals surface area contributed by atoms with Crippen molar-refractivity contribution in [2.75, 3.05) is 6.54 Å². The van der Waals surface area contributed by atoms with E-state index in [2.05, 4.69) is 5.32 Å². The number of thiazole rings is 1. The lowest BCUT2D eigenvalue weighted by Gasteiger charge is -2.12. The first-order valence-electron chi connectivity index (χ1n) is 9.11. The molecule has 0 bridgehead atoms. The van der Waals surface area contributed by atoms with Gasteiger partial charge in [-0.2, -0.15) is 0 Å². The molecule has 1 amide bonds. The number of carbonyl (C=O) groups is 2. The van der Waals surface area contributed by atoms with Gasteiger partial charge in [-0.15, -0.1) is 11.3 Å². The smallest absolute Gasteiger partial charge is 0.269 e. The van der Waals surface area contributed by atoms with Crippen LogP contribution in [0.3, 0.4) is 0 Å². The molecule has 5 nitrogen and oxygen atoms in total. The molecule has 2 rings (SSSR count). The molecule has 0 saturated carbocycles. The van der Waals surface area contributed by atoms with E-state index in [1.807, 2.05) is 6.92 Å². The Morgan fingerprint density at radius 3 is 2.61 bits per heavy atom. The molecule has 2 aromatic rings. The van der Waals surface area contributed by atoms with Crippen LogP contribution in [0.2, 0.25) is 0 Å². The fourth-order valence-electron chi connectivity index (χ4n) is 2.33. The summed E-state index contributed by atoms with van der Waals surface area (Å²) in [5.74, 6) is -0.843. The number of amides is 1. The molecule has 0 aliphatic heterocycles. The highest BCUT2D eigenvalue weighted by molar-refractivity contribution is 7.07. The van der Waals surface area contributed by atoms with E-state index in [-0.39, 0.29) is 23.8 Å². The molecule has 1 aromatic carbocycles. The minimum absolute atomic E-state index is 0.145. The number of aromatic nitrogens is 1. The third-order valence-electron chi connectivity index (χ3n) is 3.95. The average molecular weight is 405 g/mol. The molecule has 0 fully saturated rings. The molecule has 0 unspecified atom stereocenters. The Bertz CT molecular complexity index is 1040. The predicted octanol–water partition coefficient (Wildman–Crippen LogP) is 1.80. The second kappa shape index (κ2) is 9.10. The molecule has 1 N–H and O–H groups in total. The predicted molar refractivity (Wildman–Crippen MR) is 110 cm³/mol. The first-order chi connectivity index (χ1) is 13.1. The number of nitrogens with zero attached hydrogens (tertiary/aromatic N) is 1. The Kier molecular flexibility index (Phi) is 7.07. The SMILES string of the molecule is CCCNC(=O)Cn1c(=O)/c(=C\c2cccc(F)c2)s/c1=C\C(=O)C(C)(C)C. The third-order valence-corrected chi connectivity index (χ3v) is 5.01. The molecule has 0 spiro atoms.